The van der Waals surface area contributed by atoms with E-state index in [1.54, 1.807) is 0 Å². The molecule has 0 radical (unpaired) electrons. The lowest BCUT2D eigenvalue weighted by Gasteiger charge is -2.42. The second kappa shape index (κ2) is 6.15. The summed E-state index contributed by atoms with van der Waals surface area (Å²) < 4.78 is 0. The van der Waals surface area contributed by atoms with Crippen molar-refractivity contribution in [1.29, 1.82) is 0 Å². The first-order valence-corrected chi connectivity index (χ1v) is 9.00. The molecule has 2 nitrogen and oxygen atoms in total. The third-order valence-electron chi connectivity index (χ3n) is 5.37. The molecule has 3 heteroatoms. The van der Waals surface area contributed by atoms with Crippen molar-refractivity contribution in [2.45, 2.75) is 77.2 Å². The quantitative estimate of drug-likeness (QED) is 0.763. The minimum atomic E-state index is -0.115. The van der Waals surface area contributed by atoms with Crippen LogP contribution in [-0.4, -0.2) is 16.8 Å². The Kier molecular flexibility index (Phi) is 4.97. The van der Waals surface area contributed by atoms with Gasteiger partial charge in [-0.15, -0.1) is 0 Å². The molecule has 2 rings (SSSR count). The number of hydrogen-bond donors (Lipinski definition) is 1. The average molecular weight is 330 g/mol. The van der Waals surface area contributed by atoms with Crippen molar-refractivity contribution < 1.29 is 4.79 Å². The summed E-state index contributed by atoms with van der Waals surface area (Å²) in [5.41, 5.74) is -0.0967. The monoisotopic (exact) mass is 329 g/mol. The maximum atomic E-state index is 12.7. The summed E-state index contributed by atoms with van der Waals surface area (Å²) in [7, 11) is 0. The van der Waals surface area contributed by atoms with Gasteiger partial charge in [0.25, 0.3) is 0 Å². The molecule has 0 unspecified atom stereocenters. The van der Waals surface area contributed by atoms with Crippen molar-refractivity contribution in [2.75, 3.05) is 5.33 Å². The lowest BCUT2D eigenvalue weighted by molar-refractivity contribution is -0.134. The smallest absolute Gasteiger partial charge is 0.226 e. The Hall–Kier alpha value is -0.0500. The van der Waals surface area contributed by atoms with E-state index in [1.165, 1.54) is 32.1 Å². The molecule has 2 fully saturated rings. The first-order valence-electron chi connectivity index (χ1n) is 7.88. The first kappa shape index (κ1) is 15.3. The third kappa shape index (κ3) is 3.53. The fourth-order valence-corrected chi connectivity index (χ4v) is 4.26. The summed E-state index contributed by atoms with van der Waals surface area (Å²) >= 11 is 3.64. The van der Waals surface area contributed by atoms with Crippen LogP contribution in [0, 0.1) is 11.3 Å². The molecule has 0 spiro atoms. The van der Waals surface area contributed by atoms with E-state index in [0.717, 1.165) is 36.9 Å². The highest BCUT2D eigenvalue weighted by molar-refractivity contribution is 9.09. The Morgan fingerprint density at radius 3 is 2.26 bits per heavy atom. The van der Waals surface area contributed by atoms with E-state index in [-0.39, 0.29) is 11.0 Å². The zero-order chi connectivity index (χ0) is 13.9. The lowest BCUT2D eigenvalue weighted by Crippen LogP contribution is -2.56. The van der Waals surface area contributed by atoms with E-state index in [0.29, 0.717) is 5.91 Å². The summed E-state index contributed by atoms with van der Waals surface area (Å²) in [6.07, 6.45) is 10.6. The van der Waals surface area contributed by atoms with Gasteiger partial charge >= 0.3 is 0 Å². The number of amides is 1. The molecule has 0 aliphatic heterocycles. The van der Waals surface area contributed by atoms with E-state index in [9.17, 15) is 4.79 Å². The molecule has 1 N–H and O–H groups in total. The van der Waals surface area contributed by atoms with Crippen LogP contribution in [0.3, 0.4) is 0 Å². The summed E-state index contributed by atoms with van der Waals surface area (Å²) in [5, 5.41) is 4.32. The van der Waals surface area contributed by atoms with Gasteiger partial charge in [-0.1, -0.05) is 49.0 Å². The van der Waals surface area contributed by atoms with Gasteiger partial charge in [-0.3, -0.25) is 4.79 Å². The minimum Gasteiger partial charge on any atom is -0.349 e. The largest absolute Gasteiger partial charge is 0.349 e. The lowest BCUT2D eigenvalue weighted by atomic mass is 9.73. The van der Waals surface area contributed by atoms with Crippen molar-refractivity contribution in [3.8, 4) is 0 Å². The highest BCUT2D eigenvalue weighted by Crippen LogP contribution is 2.38. The van der Waals surface area contributed by atoms with Crippen LogP contribution in [0.4, 0.5) is 0 Å². The zero-order valence-electron chi connectivity index (χ0n) is 12.4. The maximum Gasteiger partial charge on any atom is 0.226 e. The molecule has 0 heterocycles. The number of nitrogens with one attached hydrogen (secondary N) is 1. The van der Waals surface area contributed by atoms with Crippen molar-refractivity contribution >= 4 is 21.8 Å². The SMILES string of the molecule is CC1CCC(CBr)(NC(=O)C2(C)CCCCC2)CC1. The van der Waals surface area contributed by atoms with Gasteiger partial charge in [0.2, 0.25) is 5.91 Å². The fourth-order valence-electron chi connectivity index (χ4n) is 3.56. The summed E-state index contributed by atoms with van der Waals surface area (Å²) in [6, 6.07) is 0. The van der Waals surface area contributed by atoms with Crippen molar-refractivity contribution in [2.24, 2.45) is 11.3 Å². The van der Waals surface area contributed by atoms with Gasteiger partial charge in [0.1, 0.15) is 0 Å². The van der Waals surface area contributed by atoms with Crippen molar-refractivity contribution in [3.05, 3.63) is 0 Å². The van der Waals surface area contributed by atoms with Gasteiger partial charge in [-0.25, -0.2) is 0 Å². The predicted octanol–water partition coefficient (Wildman–Crippen LogP) is 4.42. The summed E-state index contributed by atoms with van der Waals surface area (Å²) in [6.45, 7) is 4.48. The van der Waals surface area contributed by atoms with Gasteiger partial charge < -0.3 is 5.32 Å². The Morgan fingerprint density at radius 2 is 1.74 bits per heavy atom. The van der Waals surface area contributed by atoms with Gasteiger partial charge in [0.05, 0.1) is 0 Å². The van der Waals surface area contributed by atoms with E-state index in [2.05, 4.69) is 35.1 Å². The predicted molar refractivity (Wildman–Crippen MR) is 83.5 cm³/mol. The van der Waals surface area contributed by atoms with Crippen LogP contribution in [0.15, 0.2) is 0 Å². The van der Waals surface area contributed by atoms with Crippen LogP contribution in [0.1, 0.15) is 71.6 Å². The van der Waals surface area contributed by atoms with E-state index in [4.69, 9.17) is 0 Å². The van der Waals surface area contributed by atoms with Crippen LogP contribution in [0.2, 0.25) is 0 Å². The molecule has 110 valence electrons. The van der Waals surface area contributed by atoms with Crippen LogP contribution in [-0.2, 0) is 4.79 Å². The van der Waals surface area contributed by atoms with Crippen molar-refractivity contribution in [1.82, 2.24) is 5.32 Å². The molecule has 0 aromatic carbocycles. The maximum absolute atomic E-state index is 12.7. The van der Waals surface area contributed by atoms with Crippen LogP contribution in [0.25, 0.3) is 0 Å². The summed E-state index contributed by atoms with van der Waals surface area (Å²) in [5.74, 6) is 1.12. The Balaban J connectivity index is 1.99. The molecule has 0 saturated heterocycles. The molecule has 0 aromatic heterocycles. The third-order valence-corrected chi connectivity index (χ3v) is 6.44. The topological polar surface area (TPSA) is 29.1 Å². The van der Waals surface area contributed by atoms with Gasteiger partial charge in [0.15, 0.2) is 0 Å². The normalized spacial score (nSPS) is 34.8. The summed E-state index contributed by atoms with van der Waals surface area (Å²) in [4.78, 5) is 12.7. The van der Waals surface area contributed by atoms with E-state index >= 15 is 0 Å². The second-order valence-corrected chi connectivity index (χ2v) is 7.73. The zero-order valence-corrected chi connectivity index (χ0v) is 14.0. The van der Waals surface area contributed by atoms with Gasteiger partial charge in [-0.2, -0.15) is 0 Å². The van der Waals surface area contributed by atoms with Crippen LogP contribution in [0.5, 0.6) is 0 Å². The highest BCUT2D eigenvalue weighted by Gasteiger charge is 2.40. The number of carbonyl (C=O) groups is 1. The molecule has 19 heavy (non-hydrogen) atoms. The number of halogens is 1. The number of rotatable bonds is 3. The standard InChI is InChI=1S/C16H28BrNO/c1-13-6-10-16(12-17,11-7-13)18-14(19)15(2)8-4-3-5-9-15/h13H,3-12H2,1-2H3,(H,18,19). The Labute approximate surface area is 126 Å². The first-order chi connectivity index (χ1) is 9.00. The molecule has 1 amide bonds. The average Bonchev–Trinajstić information content (AvgIpc) is 2.42. The molecule has 2 aliphatic rings. The van der Waals surface area contributed by atoms with Crippen LogP contribution < -0.4 is 5.32 Å². The molecule has 0 atom stereocenters. The molecule has 2 aliphatic carbocycles. The second-order valence-electron chi connectivity index (χ2n) is 7.17. The Morgan fingerprint density at radius 1 is 1.16 bits per heavy atom. The number of carbonyl (C=O) groups excluding carboxylic acids is 1. The van der Waals surface area contributed by atoms with Crippen molar-refractivity contribution in [3.63, 3.8) is 0 Å². The molecular weight excluding hydrogens is 302 g/mol. The minimum absolute atomic E-state index is 0.0179. The fraction of sp³-hybridized carbons (Fsp3) is 0.938. The number of hydrogen-bond acceptors (Lipinski definition) is 1. The van der Waals surface area contributed by atoms with Gasteiger partial charge in [0, 0.05) is 16.3 Å². The molecule has 2 saturated carbocycles. The highest BCUT2D eigenvalue weighted by atomic mass is 79.9. The van der Waals surface area contributed by atoms with Gasteiger partial charge in [-0.05, 0) is 44.4 Å². The number of alkyl halides is 1. The molecular formula is C16H28BrNO. The van der Waals surface area contributed by atoms with E-state index in [1.807, 2.05) is 0 Å². The molecule has 0 aromatic rings. The van der Waals surface area contributed by atoms with E-state index < -0.39 is 0 Å². The van der Waals surface area contributed by atoms with Crippen LogP contribution >= 0.6 is 15.9 Å². The Bertz CT molecular complexity index is 315. The molecule has 0 bridgehead atoms.